The molecule has 0 spiro atoms. The minimum absolute atomic E-state index is 0.0650. The molecule has 1 heterocycles. The van der Waals surface area contributed by atoms with E-state index >= 15 is 0 Å². The van der Waals surface area contributed by atoms with Crippen molar-refractivity contribution in [2.24, 2.45) is 0 Å². The highest BCUT2D eigenvalue weighted by Gasteiger charge is 2.16. The van der Waals surface area contributed by atoms with Gasteiger partial charge in [-0.2, -0.15) is 0 Å². The van der Waals surface area contributed by atoms with Crippen molar-refractivity contribution in [3.05, 3.63) is 51.0 Å². The molecule has 1 N–H and O–H groups in total. The quantitative estimate of drug-likeness (QED) is 0.530. The Morgan fingerprint density at radius 1 is 1.40 bits per heavy atom. The summed E-state index contributed by atoms with van der Waals surface area (Å²) >= 11 is 1.47. The fraction of sp³-hybridized carbons (Fsp3) is 0.444. The third kappa shape index (κ3) is 5.86. The number of aryl methyl sites for hydroxylation is 2. The molecule has 0 aliphatic carbocycles. The van der Waals surface area contributed by atoms with Gasteiger partial charge in [0.25, 0.3) is 6.43 Å². The van der Waals surface area contributed by atoms with E-state index in [9.17, 15) is 13.6 Å². The maximum Gasteiger partial charge on any atom is 0.358 e. The number of nitrogens with one attached hydrogen (secondary N) is 1. The molecule has 1 aromatic heterocycles. The molecule has 0 aliphatic heterocycles. The standard InChI is InChI=1S/C18H22F2N2O2S/c1-3-24-18(23)16-12(2)25-15(22-16)11-21-9-5-7-13-6-4-8-14(10-13)17(19)20/h4,6,8,10,17,21H,3,5,7,9,11H2,1-2H3. The molecule has 7 heteroatoms. The minimum Gasteiger partial charge on any atom is -0.461 e. The Morgan fingerprint density at radius 2 is 2.20 bits per heavy atom. The van der Waals surface area contributed by atoms with E-state index in [4.69, 9.17) is 4.74 Å². The zero-order valence-corrected chi connectivity index (χ0v) is 15.2. The van der Waals surface area contributed by atoms with E-state index in [1.807, 2.05) is 13.0 Å². The molecule has 0 saturated heterocycles. The molecule has 2 rings (SSSR count). The molecule has 0 aliphatic rings. The second-order valence-electron chi connectivity index (χ2n) is 5.56. The predicted molar refractivity (Wildman–Crippen MR) is 94.2 cm³/mol. The Kier molecular flexibility index (Phi) is 7.46. The lowest BCUT2D eigenvalue weighted by Gasteiger charge is -2.05. The van der Waals surface area contributed by atoms with Gasteiger partial charge in [0, 0.05) is 17.0 Å². The first kappa shape index (κ1) is 19.5. The third-order valence-corrected chi connectivity index (χ3v) is 4.58. The summed E-state index contributed by atoms with van der Waals surface area (Å²) in [6, 6.07) is 6.53. The molecule has 0 amide bonds. The highest BCUT2D eigenvalue weighted by molar-refractivity contribution is 7.11. The monoisotopic (exact) mass is 368 g/mol. The lowest BCUT2D eigenvalue weighted by molar-refractivity contribution is 0.0519. The normalized spacial score (nSPS) is 11.1. The molecule has 136 valence electrons. The Morgan fingerprint density at radius 3 is 2.92 bits per heavy atom. The van der Waals surface area contributed by atoms with Crippen molar-refractivity contribution in [3.63, 3.8) is 0 Å². The molecule has 1 aromatic carbocycles. The van der Waals surface area contributed by atoms with Crippen LogP contribution in [0.1, 0.15) is 51.3 Å². The SMILES string of the molecule is CCOC(=O)c1nc(CNCCCc2cccc(C(F)F)c2)sc1C. The van der Waals surface area contributed by atoms with Crippen LogP contribution in [-0.2, 0) is 17.7 Å². The Balaban J connectivity index is 1.75. The van der Waals surface area contributed by atoms with Crippen molar-refractivity contribution in [3.8, 4) is 0 Å². The summed E-state index contributed by atoms with van der Waals surface area (Å²) < 4.78 is 30.3. The smallest absolute Gasteiger partial charge is 0.358 e. The van der Waals surface area contributed by atoms with Crippen LogP contribution in [0, 0.1) is 6.92 Å². The van der Waals surface area contributed by atoms with Gasteiger partial charge in [-0.25, -0.2) is 18.6 Å². The molecule has 4 nitrogen and oxygen atoms in total. The van der Waals surface area contributed by atoms with Gasteiger partial charge in [0.05, 0.1) is 6.61 Å². The van der Waals surface area contributed by atoms with Gasteiger partial charge in [0.2, 0.25) is 0 Å². The fourth-order valence-electron chi connectivity index (χ4n) is 2.41. The summed E-state index contributed by atoms with van der Waals surface area (Å²) in [6.07, 6.45) is -0.861. The number of carbonyl (C=O) groups excluding carboxylic acids is 1. The van der Waals surface area contributed by atoms with Gasteiger partial charge in [-0.15, -0.1) is 11.3 Å². The topological polar surface area (TPSA) is 51.2 Å². The van der Waals surface area contributed by atoms with Crippen LogP contribution in [0.2, 0.25) is 0 Å². The van der Waals surface area contributed by atoms with Gasteiger partial charge in [-0.3, -0.25) is 0 Å². The van der Waals surface area contributed by atoms with E-state index < -0.39 is 6.43 Å². The van der Waals surface area contributed by atoms with E-state index in [1.54, 1.807) is 19.1 Å². The summed E-state index contributed by atoms with van der Waals surface area (Å²) in [5.74, 6) is -0.388. The lowest BCUT2D eigenvalue weighted by Crippen LogP contribution is -2.15. The van der Waals surface area contributed by atoms with Crippen molar-refractivity contribution >= 4 is 17.3 Å². The highest BCUT2D eigenvalue weighted by atomic mass is 32.1. The van der Waals surface area contributed by atoms with Crippen LogP contribution in [0.5, 0.6) is 0 Å². The number of rotatable bonds is 9. The zero-order valence-electron chi connectivity index (χ0n) is 14.4. The van der Waals surface area contributed by atoms with Crippen molar-refractivity contribution in [1.82, 2.24) is 10.3 Å². The summed E-state index contributed by atoms with van der Waals surface area (Å²) in [4.78, 5) is 16.9. The van der Waals surface area contributed by atoms with Gasteiger partial charge in [-0.1, -0.05) is 24.3 Å². The van der Waals surface area contributed by atoms with Crippen LogP contribution >= 0.6 is 11.3 Å². The number of hydrogen-bond acceptors (Lipinski definition) is 5. The van der Waals surface area contributed by atoms with E-state index in [0.29, 0.717) is 18.8 Å². The molecule has 2 aromatic rings. The van der Waals surface area contributed by atoms with Gasteiger partial charge >= 0.3 is 5.97 Å². The largest absolute Gasteiger partial charge is 0.461 e. The Labute approximate surface area is 150 Å². The lowest BCUT2D eigenvalue weighted by atomic mass is 10.1. The Hall–Kier alpha value is -1.86. The first-order valence-electron chi connectivity index (χ1n) is 8.22. The predicted octanol–water partition coefficient (Wildman–Crippen LogP) is 4.29. The zero-order chi connectivity index (χ0) is 18.2. The molecule has 0 unspecified atom stereocenters. The number of halogens is 2. The van der Waals surface area contributed by atoms with Crippen LogP contribution in [0.15, 0.2) is 24.3 Å². The number of alkyl halides is 2. The number of thiazole rings is 1. The van der Waals surface area contributed by atoms with Gasteiger partial charge < -0.3 is 10.1 Å². The fourth-order valence-corrected chi connectivity index (χ4v) is 3.30. The summed E-state index contributed by atoms with van der Waals surface area (Å²) in [6.45, 7) is 5.26. The van der Waals surface area contributed by atoms with Crippen LogP contribution in [-0.4, -0.2) is 24.1 Å². The van der Waals surface area contributed by atoms with Crippen molar-refractivity contribution in [1.29, 1.82) is 0 Å². The maximum atomic E-state index is 12.7. The second kappa shape index (κ2) is 9.58. The van der Waals surface area contributed by atoms with Gasteiger partial charge in [0.1, 0.15) is 5.01 Å². The molecule has 0 atom stereocenters. The molecule has 0 radical (unpaired) electrons. The van der Waals surface area contributed by atoms with Crippen LogP contribution in [0.25, 0.3) is 0 Å². The summed E-state index contributed by atoms with van der Waals surface area (Å²) in [5, 5.41) is 4.10. The number of ether oxygens (including phenoxy) is 1. The van der Waals surface area contributed by atoms with Gasteiger partial charge in [0.15, 0.2) is 5.69 Å². The summed E-state index contributed by atoms with van der Waals surface area (Å²) in [7, 11) is 0. The number of carbonyl (C=O) groups is 1. The second-order valence-corrected chi connectivity index (χ2v) is 6.85. The Bertz CT molecular complexity index is 704. The van der Waals surface area contributed by atoms with E-state index in [1.165, 1.54) is 17.4 Å². The number of benzene rings is 1. The van der Waals surface area contributed by atoms with Crippen molar-refractivity contribution in [2.75, 3.05) is 13.2 Å². The number of hydrogen-bond donors (Lipinski definition) is 1. The maximum absolute atomic E-state index is 12.7. The van der Waals surface area contributed by atoms with Gasteiger partial charge in [-0.05, 0) is 38.8 Å². The first-order valence-corrected chi connectivity index (χ1v) is 9.04. The van der Waals surface area contributed by atoms with Crippen LogP contribution in [0.4, 0.5) is 8.78 Å². The minimum atomic E-state index is -2.43. The molecule has 25 heavy (non-hydrogen) atoms. The van der Waals surface area contributed by atoms with Crippen molar-refractivity contribution < 1.29 is 18.3 Å². The molecule has 0 saturated carbocycles. The van der Waals surface area contributed by atoms with Crippen LogP contribution < -0.4 is 5.32 Å². The third-order valence-electron chi connectivity index (χ3n) is 3.61. The van der Waals surface area contributed by atoms with E-state index in [0.717, 1.165) is 34.8 Å². The van der Waals surface area contributed by atoms with Crippen molar-refractivity contribution in [2.45, 2.75) is 39.7 Å². The average molecular weight is 368 g/mol. The molecular weight excluding hydrogens is 346 g/mol. The van der Waals surface area contributed by atoms with E-state index in [-0.39, 0.29) is 11.5 Å². The molecule has 0 bridgehead atoms. The number of esters is 1. The summed E-state index contributed by atoms with van der Waals surface area (Å²) in [5.41, 5.74) is 1.36. The van der Waals surface area contributed by atoms with Crippen LogP contribution in [0.3, 0.4) is 0 Å². The number of aromatic nitrogens is 1. The molecule has 0 fully saturated rings. The average Bonchev–Trinajstić information content (AvgIpc) is 2.96. The highest BCUT2D eigenvalue weighted by Crippen LogP contribution is 2.20. The van der Waals surface area contributed by atoms with E-state index in [2.05, 4.69) is 10.3 Å². The number of nitrogens with zero attached hydrogens (tertiary/aromatic N) is 1. The molecular formula is C18H22F2N2O2S. The first-order chi connectivity index (χ1) is 12.0.